The number of rotatable bonds is 3. The number of oxazole rings is 1. The third-order valence-electron chi connectivity index (χ3n) is 4.63. The lowest BCUT2D eigenvalue weighted by Crippen LogP contribution is -2.51. The third-order valence-corrected chi connectivity index (χ3v) is 4.63. The van der Waals surface area contributed by atoms with E-state index in [1.54, 1.807) is 42.4 Å². The Labute approximate surface area is 138 Å². The fraction of sp³-hybridized carbons (Fsp3) is 0.278. The van der Waals surface area contributed by atoms with Gasteiger partial charge in [-0.1, -0.05) is 12.1 Å². The summed E-state index contributed by atoms with van der Waals surface area (Å²) in [6.45, 7) is 3.07. The van der Waals surface area contributed by atoms with Crippen LogP contribution in [0.2, 0.25) is 0 Å². The van der Waals surface area contributed by atoms with Gasteiger partial charge in [-0.15, -0.1) is 0 Å². The molecule has 6 heteroatoms. The fourth-order valence-corrected chi connectivity index (χ4v) is 3.23. The molecule has 0 bridgehead atoms. The number of amides is 1. The Bertz CT molecular complexity index is 939. The molecule has 3 heterocycles. The SMILES string of the molecule is C[C@H](C(=O)N1CC(c2ccncc2)C1)n1c(=O)oc2ccccc21. The molecule has 2 aromatic heterocycles. The molecule has 1 aromatic carbocycles. The minimum absolute atomic E-state index is 0.0611. The zero-order chi connectivity index (χ0) is 16.7. The Morgan fingerprint density at radius 1 is 1.21 bits per heavy atom. The quantitative estimate of drug-likeness (QED) is 0.741. The van der Waals surface area contributed by atoms with Crippen LogP contribution in [0.15, 0.2) is 58.0 Å². The molecule has 1 atom stereocenters. The lowest BCUT2D eigenvalue weighted by molar-refractivity contribution is -0.138. The molecule has 0 radical (unpaired) electrons. The number of benzene rings is 1. The predicted molar refractivity (Wildman–Crippen MR) is 88.7 cm³/mol. The van der Waals surface area contributed by atoms with E-state index >= 15 is 0 Å². The lowest BCUT2D eigenvalue weighted by atomic mass is 9.91. The van der Waals surface area contributed by atoms with Gasteiger partial charge in [0.05, 0.1) is 5.52 Å². The van der Waals surface area contributed by atoms with Crippen molar-refractivity contribution in [3.63, 3.8) is 0 Å². The maximum absolute atomic E-state index is 12.7. The van der Waals surface area contributed by atoms with Crippen LogP contribution in [-0.4, -0.2) is 33.4 Å². The van der Waals surface area contributed by atoms with Gasteiger partial charge in [0.25, 0.3) is 0 Å². The number of hydrogen-bond donors (Lipinski definition) is 0. The molecule has 3 aromatic rings. The van der Waals surface area contributed by atoms with Gasteiger partial charge in [0, 0.05) is 31.4 Å². The van der Waals surface area contributed by atoms with Crippen LogP contribution in [-0.2, 0) is 4.79 Å². The average Bonchev–Trinajstić information content (AvgIpc) is 2.89. The van der Waals surface area contributed by atoms with Crippen LogP contribution in [0.4, 0.5) is 0 Å². The number of aromatic nitrogens is 2. The number of carbonyl (C=O) groups is 1. The van der Waals surface area contributed by atoms with Crippen molar-refractivity contribution in [2.45, 2.75) is 18.9 Å². The van der Waals surface area contributed by atoms with E-state index in [0.29, 0.717) is 30.1 Å². The van der Waals surface area contributed by atoms with Crippen LogP contribution in [0.1, 0.15) is 24.4 Å². The van der Waals surface area contributed by atoms with Crippen molar-refractivity contribution in [3.8, 4) is 0 Å². The number of carbonyl (C=O) groups excluding carboxylic acids is 1. The second-order valence-corrected chi connectivity index (χ2v) is 6.10. The Hall–Kier alpha value is -2.89. The molecular weight excluding hydrogens is 306 g/mol. The van der Waals surface area contributed by atoms with Gasteiger partial charge in [-0.2, -0.15) is 0 Å². The van der Waals surface area contributed by atoms with Gasteiger partial charge in [0.1, 0.15) is 6.04 Å². The number of pyridine rings is 1. The number of nitrogens with zero attached hydrogens (tertiary/aromatic N) is 3. The molecule has 0 aliphatic carbocycles. The highest BCUT2D eigenvalue weighted by Crippen LogP contribution is 2.29. The molecule has 1 saturated heterocycles. The summed E-state index contributed by atoms with van der Waals surface area (Å²) in [4.78, 5) is 30.6. The monoisotopic (exact) mass is 323 g/mol. The van der Waals surface area contributed by atoms with E-state index in [1.165, 1.54) is 10.1 Å². The van der Waals surface area contributed by atoms with Gasteiger partial charge in [-0.25, -0.2) is 4.79 Å². The summed E-state index contributed by atoms with van der Waals surface area (Å²) in [7, 11) is 0. The minimum Gasteiger partial charge on any atom is -0.408 e. The van der Waals surface area contributed by atoms with Gasteiger partial charge in [-0.05, 0) is 36.8 Å². The third kappa shape index (κ3) is 2.31. The van der Waals surface area contributed by atoms with E-state index in [1.807, 2.05) is 18.2 Å². The smallest absolute Gasteiger partial charge is 0.408 e. The highest BCUT2D eigenvalue weighted by atomic mass is 16.4. The molecular formula is C18H17N3O3. The second-order valence-electron chi connectivity index (χ2n) is 6.10. The van der Waals surface area contributed by atoms with Gasteiger partial charge < -0.3 is 9.32 Å². The summed E-state index contributed by atoms with van der Waals surface area (Å²) in [5.41, 5.74) is 2.34. The summed E-state index contributed by atoms with van der Waals surface area (Å²) < 4.78 is 6.65. The Balaban J connectivity index is 1.53. The largest absolute Gasteiger partial charge is 0.420 e. The molecule has 122 valence electrons. The first-order valence-corrected chi connectivity index (χ1v) is 7.94. The Kier molecular flexibility index (Phi) is 3.45. The van der Waals surface area contributed by atoms with Gasteiger partial charge in [0.2, 0.25) is 5.91 Å². The maximum atomic E-state index is 12.7. The van der Waals surface area contributed by atoms with Crippen LogP contribution in [0, 0.1) is 0 Å². The molecule has 0 spiro atoms. The van der Waals surface area contributed by atoms with Crippen LogP contribution >= 0.6 is 0 Å². The van der Waals surface area contributed by atoms with E-state index in [-0.39, 0.29) is 5.91 Å². The number of hydrogen-bond acceptors (Lipinski definition) is 4. The zero-order valence-electron chi connectivity index (χ0n) is 13.3. The molecule has 0 saturated carbocycles. The van der Waals surface area contributed by atoms with Crippen molar-refractivity contribution in [2.24, 2.45) is 0 Å². The molecule has 24 heavy (non-hydrogen) atoms. The lowest BCUT2D eigenvalue weighted by Gasteiger charge is -2.40. The predicted octanol–water partition coefficient (Wildman–Crippen LogP) is 2.18. The van der Waals surface area contributed by atoms with E-state index < -0.39 is 11.8 Å². The first-order chi connectivity index (χ1) is 11.6. The first kappa shape index (κ1) is 14.7. The van der Waals surface area contributed by atoms with E-state index in [2.05, 4.69) is 4.98 Å². The summed E-state index contributed by atoms with van der Waals surface area (Å²) in [6, 6.07) is 10.5. The number of likely N-dealkylation sites (tertiary alicyclic amines) is 1. The summed E-state index contributed by atoms with van der Waals surface area (Å²) in [5, 5.41) is 0. The van der Waals surface area contributed by atoms with Crippen LogP contribution < -0.4 is 5.76 Å². The fourth-order valence-electron chi connectivity index (χ4n) is 3.23. The van der Waals surface area contributed by atoms with Crippen molar-refractivity contribution in [1.29, 1.82) is 0 Å². The molecule has 0 unspecified atom stereocenters. The Morgan fingerprint density at radius 3 is 2.67 bits per heavy atom. The minimum atomic E-state index is -0.584. The first-order valence-electron chi connectivity index (χ1n) is 7.94. The van der Waals surface area contributed by atoms with Crippen LogP contribution in [0.3, 0.4) is 0 Å². The van der Waals surface area contributed by atoms with Crippen LogP contribution in [0.5, 0.6) is 0 Å². The maximum Gasteiger partial charge on any atom is 0.420 e. The highest BCUT2D eigenvalue weighted by Gasteiger charge is 2.35. The van der Waals surface area contributed by atoms with Crippen LogP contribution in [0.25, 0.3) is 11.1 Å². The average molecular weight is 323 g/mol. The topological polar surface area (TPSA) is 68.3 Å². The van der Waals surface area contributed by atoms with Gasteiger partial charge in [0.15, 0.2) is 5.58 Å². The van der Waals surface area contributed by atoms with Crippen molar-refractivity contribution < 1.29 is 9.21 Å². The molecule has 6 nitrogen and oxygen atoms in total. The Morgan fingerprint density at radius 2 is 1.92 bits per heavy atom. The molecule has 1 fully saturated rings. The molecule has 1 aliphatic rings. The van der Waals surface area contributed by atoms with E-state index in [9.17, 15) is 9.59 Å². The number of para-hydroxylation sites is 2. The molecule has 4 rings (SSSR count). The van der Waals surface area contributed by atoms with Crippen molar-refractivity contribution in [2.75, 3.05) is 13.1 Å². The van der Waals surface area contributed by atoms with E-state index in [4.69, 9.17) is 4.42 Å². The molecule has 0 N–H and O–H groups in total. The number of fused-ring (bicyclic) bond motifs is 1. The van der Waals surface area contributed by atoms with Crippen molar-refractivity contribution in [3.05, 3.63) is 64.9 Å². The van der Waals surface area contributed by atoms with Crippen molar-refractivity contribution in [1.82, 2.24) is 14.5 Å². The van der Waals surface area contributed by atoms with Gasteiger partial charge in [-0.3, -0.25) is 14.3 Å². The molecule has 1 aliphatic heterocycles. The summed E-state index contributed by atoms with van der Waals surface area (Å²) in [6.07, 6.45) is 3.53. The standard InChI is InChI=1S/C18H17N3O3/c1-12(21-15-4-2-3-5-16(15)24-18(21)23)17(22)20-10-14(11-20)13-6-8-19-9-7-13/h2-9,12,14H,10-11H2,1H3/t12-/m1/s1. The summed E-state index contributed by atoms with van der Waals surface area (Å²) in [5.74, 6) is -0.223. The van der Waals surface area contributed by atoms with Gasteiger partial charge >= 0.3 is 5.76 Å². The summed E-state index contributed by atoms with van der Waals surface area (Å²) >= 11 is 0. The van der Waals surface area contributed by atoms with Crippen molar-refractivity contribution >= 4 is 17.0 Å². The van der Waals surface area contributed by atoms with E-state index in [0.717, 1.165) is 0 Å². The zero-order valence-corrected chi connectivity index (χ0v) is 13.3. The highest BCUT2D eigenvalue weighted by molar-refractivity contribution is 5.83. The molecule has 1 amide bonds. The second kappa shape index (κ2) is 5.63. The normalized spacial score (nSPS) is 16.1.